The molecule has 1 amide bonds. The molecule has 1 fully saturated rings. The van der Waals surface area contributed by atoms with Crippen LogP contribution < -0.4 is 4.90 Å². The normalized spacial score (nSPS) is 20.2. The molecule has 0 aliphatic carbocycles. The molecule has 1 saturated heterocycles. The average molecular weight is 236 g/mol. The predicted molar refractivity (Wildman–Crippen MR) is 63.3 cm³/mol. The fraction of sp³-hybridized carbons (Fsp3) is 0.364. The van der Waals surface area contributed by atoms with Crippen LogP contribution in [-0.2, 0) is 9.59 Å². The van der Waals surface area contributed by atoms with Crippen LogP contribution in [0.1, 0.15) is 13.3 Å². The maximum absolute atomic E-state index is 11.7. The van der Waals surface area contributed by atoms with Crippen molar-refractivity contribution < 1.29 is 9.59 Å². The fourth-order valence-corrected chi connectivity index (χ4v) is 2.68. The Labute approximate surface area is 98.0 Å². The van der Waals surface area contributed by atoms with Crippen LogP contribution in [0.2, 0.25) is 0 Å². The predicted octanol–water partition coefficient (Wildman–Crippen LogP) is 1.47. The number of hydrogen-bond donors (Lipinski definition) is 0. The van der Waals surface area contributed by atoms with Crippen molar-refractivity contribution in [2.75, 3.05) is 11.4 Å². The van der Waals surface area contributed by atoms with Crippen molar-refractivity contribution in [3.05, 3.63) is 24.5 Å². The van der Waals surface area contributed by atoms with Crippen molar-refractivity contribution in [3.63, 3.8) is 0 Å². The summed E-state index contributed by atoms with van der Waals surface area (Å²) in [6, 6.07) is 3.61. The van der Waals surface area contributed by atoms with Crippen molar-refractivity contribution in [3.8, 4) is 0 Å². The van der Waals surface area contributed by atoms with E-state index in [-0.39, 0.29) is 16.3 Å². The molecule has 1 aliphatic rings. The van der Waals surface area contributed by atoms with Gasteiger partial charge in [-0.1, -0.05) is 11.8 Å². The van der Waals surface area contributed by atoms with Gasteiger partial charge in [0.15, 0.2) is 5.12 Å². The molecule has 1 aromatic rings. The van der Waals surface area contributed by atoms with E-state index >= 15 is 0 Å². The molecular formula is C11H12N2O2S. The molecule has 0 saturated carbocycles. The number of rotatable bonds is 2. The number of carbonyl (C=O) groups is 2. The maximum Gasteiger partial charge on any atom is 0.228 e. The monoisotopic (exact) mass is 236 g/mol. The third-order valence-electron chi connectivity index (χ3n) is 2.40. The summed E-state index contributed by atoms with van der Waals surface area (Å²) in [5.41, 5.74) is 0.853. The number of thioether (sulfide) groups is 1. The minimum absolute atomic E-state index is 0.0642. The molecule has 0 spiro atoms. The lowest BCUT2D eigenvalue weighted by atomic mass is 10.4. The zero-order valence-electron chi connectivity index (χ0n) is 8.92. The molecule has 0 radical (unpaired) electrons. The molecule has 0 bridgehead atoms. The Morgan fingerprint density at radius 2 is 2.19 bits per heavy atom. The number of aromatic nitrogens is 1. The number of nitrogens with zero attached hydrogens (tertiary/aromatic N) is 2. The molecule has 16 heavy (non-hydrogen) atoms. The number of carbonyl (C=O) groups excluding carboxylic acids is 2. The van der Waals surface area contributed by atoms with Gasteiger partial charge >= 0.3 is 0 Å². The average Bonchev–Trinajstić information content (AvgIpc) is 2.60. The molecule has 1 unspecified atom stereocenters. The highest BCUT2D eigenvalue weighted by atomic mass is 32.2. The second-order valence-electron chi connectivity index (χ2n) is 3.65. The Bertz CT molecular complexity index is 408. The fourth-order valence-electron chi connectivity index (χ4n) is 1.76. The number of pyridine rings is 1. The van der Waals surface area contributed by atoms with E-state index in [2.05, 4.69) is 4.98 Å². The van der Waals surface area contributed by atoms with Gasteiger partial charge in [0.2, 0.25) is 5.91 Å². The summed E-state index contributed by atoms with van der Waals surface area (Å²) >= 11 is 1.25. The zero-order valence-corrected chi connectivity index (χ0v) is 9.74. The third-order valence-corrected chi connectivity index (χ3v) is 3.38. The Balaban J connectivity index is 2.08. The molecule has 84 valence electrons. The Morgan fingerprint density at radius 1 is 1.50 bits per heavy atom. The van der Waals surface area contributed by atoms with Gasteiger partial charge in [-0.2, -0.15) is 0 Å². The van der Waals surface area contributed by atoms with Gasteiger partial charge in [-0.25, -0.2) is 0 Å². The standard InChI is InChI=1S/C11H12N2O2S/c1-8(14)16-10-6-11(15)13(7-10)9-2-4-12-5-3-9/h2-5,10H,6-7H2,1H3. The molecule has 4 nitrogen and oxygen atoms in total. The second-order valence-corrected chi connectivity index (χ2v) is 5.12. The first kappa shape index (κ1) is 11.1. The molecule has 1 aromatic heterocycles. The maximum atomic E-state index is 11.7. The first-order valence-electron chi connectivity index (χ1n) is 5.04. The first-order chi connectivity index (χ1) is 7.66. The SMILES string of the molecule is CC(=O)SC1CC(=O)N(c2ccncc2)C1. The molecule has 0 aromatic carbocycles. The number of amides is 1. The van der Waals surface area contributed by atoms with Gasteiger partial charge in [-0.15, -0.1) is 0 Å². The largest absolute Gasteiger partial charge is 0.311 e. The van der Waals surface area contributed by atoms with E-state index in [1.165, 1.54) is 18.7 Å². The highest BCUT2D eigenvalue weighted by molar-refractivity contribution is 8.14. The topological polar surface area (TPSA) is 50.3 Å². The van der Waals surface area contributed by atoms with Gasteiger partial charge in [0.25, 0.3) is 0 Å². The van der Waals surface area contributed by atoms with Crippen LogP contribution in [0.15, 0.2) is 24.5 Å². The smallest absolute Gasteiger partial charge is 0.228 e. The minimum Gasteiger partial charge on any atom is -0.311 e. The van der Waals surface area contributed by atoms with E-state index in [4.69, 9.17) is 0 Å². The van der Waals surface area contributed by atoms with E-state index in [1.807, 2.05) is 0 Å². The highest BCUT2D eigenvalue weighted by Crippen LogP contribution is 2.27. The minimum atomic E-state index is 0.0642. The number of anilines is 1. The summed E-state index contributed by atoms with van der Waals surface area (Å²) in [6.07, 6.45) is 3.76. The van der Waals surface area contributed by atoms with Crippen molar-refractivity contribution in [1.29, 1.82) is 0 Å². The lowest BCUT2D eigenvalue weighted by Gasteiger charge is -2.15. The van der Waals surface area contributed by atoms with E-state index in [0.29, 0.717) is 13.0 Å². The molecule has 2 rings (SSSR count). The van der Waals surface area contributed by atoms with Crippen molar-refractivity contribution in [1.82, 2.24) is 4.98 Å². The third kappa shape index (κ3) is 2.41. The lowest BCUT2D eigenvalue weighted by Crippen LogP contribution is -2.24. The van der Waals surface area contributed by atoms with E-state index in [0.717, 1.165) is 5.69 Å². The van der Waals surface area contributed by atoms with E-state index in [1.54, 1.807) is 29.4 Å². The van der Waals surface area contributed by atoms with Gasteiger partial charge in [0, 0.05) is 43.2 Å². The summed E-state index contributed by atoms with van der Waals surface area (Å²) in [4.78, 5) is 28.3. The van der Waals surface area contributed by atoms with E-state index < -0.39 is 0 Å². The van der Waals surface area contributed by atoms with Gasteiger partial charge in [0.05, 0.1) is 0 Å². The second kappa shape index (κ2) is 4.65. The van der Waals surface area contributed by atoms with Gasteiger partial charge in [0.1, 0.15) is 0 Å². The van der Waals surface area contributed by atoms with E-state index in [9.17, 15) is 9.59 Å². The van der Waals surface area contributed by atoms with Crippen LogP contribution >= 0.6 is 11.8 Å². The van der Waals surface area contributed by atoms with Gasteiger partial charge < -0.3 is 4.90 Å². The zero-order chi connectivity index (χ0) is 11.5. The summed E-state index contributed by atoms with van der Waals surface area (Å²) in [5.74, 6) is 0.0740. The molecule has 2 heterocycles. The van der Waals surface area contributed by atoms with Crippen LogP contribution in [0, 0.1) is 0 Å². The molecule has 1 atom stereocenters. The van der Waals surface area contributed by atoms with Crippen LogP contribution in [0.3, 0.4) is 0 Å². The lowest BCUT2D eigenvalue weighted by molar-refractivity contribution is -0.117. The van der Waals surface area contributed by atoms with Crippen LogP contribution in [0.5, 0.6) is 0 Å². The summed E-state index contributed by atoms with van der Waals surface area (Å²) in [7, 11) is 0. The Kier molecular flexibility index (Phi) is 3.24. The summed E-state index contributed by atoms with van der Waals surface area (Å²) < 4.78 is 0. The van der Waals surface area contributed by atoms with Crippen LogP contribution in [-0.4, -0.2) is 27.8 Å². The molecule has 0 N–H and O–H groups in total. The Morgan fingerprint density at radius 3 is 2.81 bits per heavy atom. The molecule has 1 aliphatic heterocycles. The van der Waals surface area contributed by atoms with Crippen molar-refractivity contribution in [2.24, 2.45) is 0 Å². The van der Waals surface area contributed by atoms with Crippen molar-refractivity contribution >= 4 is 28.5 Å². The van der Waals surface area contributed by atoms with Gasteiger partial charge in [-0.05, 0) is 12.1 Å². The summed E-state index contributed by atoms with van der Waals surface area (Å²) in [6.45, 7) is 2.14. The first-order valence-corrected chi connectivity index (χ1v) is 5.92. The number of hydrogen-bond acceptors (Lipinski definition) is 4. The van der Waals surface area contributed by atoms with Crippen LogP contribution in [0.25, 0.3) is 0 Å². The van der Waals surface area contributed by atoms with Crippen LogP contribution in [0.4, 0.5) is 5.69 Å². The molecular weight excluding hydrogens is 224 g/mol. The van der Waals surface area contributed by atoms with Gasteiger partial charge in [-0.3, -0.25) is 14.6 Å². The van der Waals surface area contributed by atoms with Crippen molar-refractivity contribution in [2.45, 2.75) is 18.6 Å². The molecule has 5 heteroatoms. The quantitative estimate of drug-likeness (QED) is 0.780. The summed E-state index contributed by atoms with van der Waals surface area (Å²) in [5, 5.41) is 0.146. The Hall–Kier alpha value is -1.36. The highest BCUT2D eigenvalue weighted by Gasteiger charge is 2.31.